The maximum Gasteiger partial charge on any atom is 0.236 e. The third kappa shape index (κ3) is 3.78. The summed E-state index contributed by atoms with van der Waals surface area (Å²) in [4.78, 5) is 13.9. The van der Waals surface area contributed by atoms with Crippen LogP contribution >= 0.6 is 0 Å². The predicted octanol–water partition coefficient (Wildman–Crippen LogP) is 1.88. The van der Waals surface area contributed by atoms with Crippen molar-refractivity contribution in [1.82, 2.24) is 10.2 Å². The van der Waals surface area contributed by atoms with Gasteiger partial charge in [-0.1, -0.05) is 34.6 Å². The first kappa shape index (κ1) is 13.5. The lowest BCUT2D eigenvalue weighted by Gasteiger charge is -2.27. The fourth-order valence-electron chi connectivity index (χ4n) is 2.10. The minimum atomic E-state index is 0.250. The van der Waals surface area contributed by atoms with E-state index in [1.807, 2.05) is 4.90 Å². The van der Waals surface area contributed by atoms with Crippen molar-refractivity contribution in [2.75, 3.05) is 19.6 Å². The molecule has 1 aliphatic heterocycles. The SMILES string of the molecule is CC(C)NCC(=O)N1CCC(C(C)(C)C)C1. The molecule has 1 amide bonds. The Kier molecular flexibility index (Phi) is 4.36. The fraction of sp³-hybridized carbons (Fsp3) is 0.923. The largest absolute Gasteiger partial charge is 0.341 e. The Morgan fingerprint density at radius 3 is 2.50 bits per heavy atom. The molecule has 0 saturated carbocycles. The number of nitrogens with zero attached hydrogens (tertiary/aromatic N) is 1. The molecule has 0 aliphatic carbocycles. The van der Waals surface area contributed by atoms with E-state index in [2.05, 4.69) is 39.9 Å². The molecule has 3 heteroatoms. The van der Waals surface area contributed by atoms with Crippen LogP contribution in [0.4, 0.5) is 0 Å². The van der Waals surface area contributed by atoms with Gasteiger partial charge in [-0.2, -0.15) is 0 Å². The molecule has 16 heavy (non-hydrogen) atoms. The first-order valence-corrected chi connectivity index (χ1v) is 6.32. The second-order valence-corrected chi connectivity index (χ2v) is 6.23. The Labute approximate surface area is 99.6 Å². The van der Waals surface area contributed by atoms with Crippen LogP contribution in [0.25, 0.3) is 0 Å². The van der Waals surface area contributed by atoms with E-state index in [9.17, 15) is 4.79 Å². The zero-order valence-electron chi connectivity index (χ0n) is 11.3. The Bertz CT molecular complexity index is 243. The van der Waals surface area contributed by atoms with Crippen molar-refractivity contribution >= 4 is 5.91 Å². The molecule has 0 aromatic rings. The summed E-state index contributed by atoms with van der Waals surface area (Å²) >= 11 is 0. The van der Waals surface area contributed by atoms with Gasteiger partial charge in [-0.3, -0.25) is 4.79 Å². The van der Waals surface area contributed by atoms with Crippen molar-refractivity contribution in [3.8, 4) is 0 Å². The lowest BCUT2D eigenvalue weighted by Crippen LogP contribution is -2.39. The average Bonchev–Trinajstić information content (AvgIpc) is 2.61. The normalized spacial score (nSPS) is 21.9. The highest BCUT2D eigenvalue weighted by Gasteiger charge is 2.33. The first-order valence-electron chi connectivity index (χ1n) is 6.32. The number of amides is 1. The van der Waals surface area contributed by atoms with Crippen LogP contribution in [0.15, 0.2) is 0 Å². The zero-order valence-corrected chi connectivity index (χ0v) is 11.3. The van der Waals surface area contributed by atoms with Gasteiger partial charge in [-0.15, -0.1) is 0 Å². The Balaban J connectivity index is 2.38. The molecule has 1 rings (SSSR count). The maximum absolute atomic E-state index is 11.9. The van der Waals surface area contributed by atoms with Crippen LogP contribution in [0.5, 0.6) is 0 Å². The van der Waals surface area contributed by atoms with Crippen LogP contribution < -0.4 is 5.32 Å². The van der Waals surface area contributed by atoms with E-state index in [4.69, 9.17) is 0 Å². The van der Waals surface area contributed by atoms with Crippen molar-refractivity contribution in [1.29, 1.82) is 0 Å². The first-order chi connectivity index (χ1) is 7.30. The summed E-state index contributed by atoms with van der Waals surface area (Å²) in [6.07, 6.45) is 1.15. The molecule has 1 saturated heterocycles. The molecule has 0 aromatic carbocycles. The van der Waals surface area contributed by atoms with Crippen LogP contribution in [0, 0.1) is 11.3 Å². The van der Waals surface area contributed by atoms with Crippen LogP contribution in [-0.4, -0.2) is 36.5 Å². The van der Waals surface area contributed by atoms with Crippen LogP contribution in [0.3, 0.4) is 0 Å². The van der Waals surface area contributed by atoms with Crippen molar-refractivity contribution in [3.05, 3.63) is 0 Å². The fourth-order valence-corrected chi connectivity index (χ4v) is 2.10. The van der Waals surface area contributed by atoms with Gasteiger partial charge in [0.15, 0.2) is 0 Å². The van der Waals surface area contributed by atoms with Crippen molar-refractivity contribution in [3.63, 3.8) is 0 Å². The lowest BCUT2D eigenvalue weighted by molar-refractivity contribution is -0.129. The number of hydrogen-bond donors (Lipinski definition) is 1. The van der Waals surface area contributed by atoms with Crippen molar-refractivity contribution in [2.24, 2.45) is 11.3 Å². The quantitative estimate of drug-likeness (QED) is 0.797. The molecule has 1 aliphatic rings. The second-order valence-electron chi connectivity index (χ2n) is 6.23. The summed E-state index contributed by atoms with van der Waals surface area (Å²) in [5.41, 5.74) is 0.320. The molecular weight excluding hydrogens is 200 g/mol. The molecule has 0 aromatic heterocycles. The number of likely N-dealkylation sites (tertiary alicyclic amines) is 1. The average molecular weight is 226 g/mol. The third-order valence-electron chi connectivity index (χ3n) is 3.43. The minimum Gasteiger partial charge on any atom is -0.341 e. The predicted molar refractivity (Wildman–Crippen MR) is 67.3 cm³/mol. The molecule has 1 heterocycles. The van der Waals surface area contributed by atoms with Crippen LogP contribution in [0.2, 0.25) is 0 Å². The van der Waals surface area contributed by atoms with Crippen LogP contribution in [0.1, 0.15) is 41.0 Å². The van der Waals surface area contributed by atoms with Gasteiger partial charge >= 0.3 is 0 Å². The molecule has 1 N–H and O–H groups in total. The molecule has 0 spiro atoms. The number of nitrogens with one attached hydrogen (secondary N) is 1. The molecule has 1 atom stereocenters. The summed E-state index contributed by atoms with van der Waals surface area (Å²) in [5.74, 6) is 0.899. The lowest BCUT2D eigenvalue weighted by atomic mass is 9.80. The summed E-state index contributed by atoms with van der Waals surface area (Å²) in [5, 5.41) is 3.18. The zero-order chi connectivity index (χ0) is 12.3. The monoisotopic (exact) mass is 226 g/mol. The summed E-state index contributed by atoms with van der Waals surface area (Å²) in [7, 11) is 0. The van der Waals surface area contributed by atoms with Gasteiger partial charge in [0.2, 0.25) is 5.91 Å². The molecule has 94 valence electrons. The van der Waals surface area contributed by atoms with Gasteiger partial charge in [0.05, 0.1) is 6.54 Å². The standard InChI is InChI=1S/C13H26N2O/c1-10(2)14-8-12(16)15-7-6-11(9-15)13(3,4)5/h10-11,14H,6-9H2,1-5H3. The highest BCUT2D eigenvalue weighted by atomic mass is 16.2. The number of hydrogen-bond acceptors (Lipinski definition) is 2. The second kappa shape index (κ2) is 5.17. The molecule has 1 unspecified atom stereocenters. The summed E-state index contributed by atoms with van der Waals surface area (Å²) < 4.78 is 0. The van der Waals surface area contributed by atoms with E-state index < -0.39 is 0 Å². The van der Waals surface area contributed by atoms with Gasteiger partial charge in [-0.25, -0.2) is 0 Å². The number of rotatable bonds is 3. The van der Waals surface area contributed by atoms with Gasteiger partial charge < -0.3 is 10.2 Å². The minimum absolute atomic E-state index is 0.250. The van der Waals surface area contributed by atoms with Crippen molar-refractivity contribution in [2.45, 2.75) is 47.1 Å². The Morgan fingerprint density at radius 1 is 1.44 bits per heavy atom. The van der Waals surface area contributed by atoms with E-state index in [0.29, 0.717) is 23.9 Å². The van der Waals surface area contributed by atoms with E-state index in [0.717, 1.165) is 19.5 Å². The molecule has 1 fully saturated rings. The molecular formula is C13H26N2O. The number of carbonyl (C=O) groups is 1. The highest BCUT2D eigenvalue weighted by molar-refractivity contribution is 5.78. The maximum atomic E-state index is 11.9. The van der Waals surface area contributed by atoms with E-state index in [1.54, 1.807) is 0 Å². The van der Waals surface area contributed by atoms with Gasteiger partial charge in [-0.05, 0) is 17.8 Å². The summed E-state index contributed by atoms with van der Waals surface area (Å²) in [6.45, 7) is 13.3. The third-order valence-corrected chi connectivity index (χ3v) is 3.43. The highest BCUT2D eigenvalue weighted by Crippen LogP contribution is 2.33. The van der Waals surface area contributed by atoms with E-state index in [-0.39, 0.29) is 5.91 Å². The van der Waals surface area contributed by atoms with Crippen LogP contribution in [-0.2, 0) is 4.79 Å². The Morgan fingerprint density at radius 2 is 2.06 bits per heavy atom. The van der Waals surface area contributed by atoms with Gasteiger partial charge in [0.25, 0.3) is 0 Å². The molecule has 3 nitrogen and oxygen atoms in total. The summed E-state index contributed by atoms with van der Waals surface area (Å²) in [6, 6.07) is 0.380. The van der Waals surface area contributed by atoms with E-state index >= 15 is 0 Å². The van der Waals surface area contributed by atoms with Gasteiger partial charge in [0, 0.05) is 19.1 Å². The van der Waals surface area contributed by atoms with Gasteiger partial charge in [0.1, 0.15) is 0 Å². The molecule has 0 radical (unpaired) electrons. The smallest absolute Gasteiger partial charge is 0.236 e. The van der Waals surface area contributed by atoms with E-state index in [1.165, 1.54) is 0 Å². The Hall–Kier alpha value is -0.570. The van der Waals surface area contributed by atoms with Crippen molar-refractivity contribution < 1.29 is 4.79 Å². The topological polar surface area (TPSA) is 32.3 Å². The molecule has 0 bridgehead atoms. The number of carbonyl (C=O) groups excluding carboxylic acids is 1.